The topological polar surface area (TPSA) is 41.6 Å². The Balaban J connectivity index is 1.65. The van der Waals surface area contributed by atoms with E-state index < -0.39 is 0 Å². The van der Waals surface area contributed by atoms with Crippen LogP contribution in [0.3, 0.4) is 0 Å². The highest BCUT2D eigenvalue weighted by Crippen LogP contribution is 2.13. The van der Waals surface area contributed by atoms with E-state index in [4.69, 9.17) is 4.74 Å². The van der Waals surface area contributed by atoms with Gasteiger partial charge in [0.05, 0.1) is 12.5 Å². The number of halogens is 1. The van der Waals surface area contributed by atoms with Crippen molar-refractivity contribution in [1.29, 1.82) is 0 Å². The molecular formula is C16H23FN2O2. The summed E-state index contributed by atoms with van der Waals surface area (Å²) in [6, 6.07) is 6.50. The number of hydrogen-bond acceptors (Lipinski definition) is 3. The van der Waals surface area contributed by atoms with Crippen LogP contribution >= 0.6 is 0 Å². The average molecular weight is 294 g/mol. The summed E-state index contributed by atoms with van der Waals surface area (Å²) < 4.78 is 18.1. The molecule has 1 heterocycles. The first-order chi connectivity index (χ1) is 10.1. The number of nitrogens with zero attached hydrogens (tertiary/aromatic N) is 1. The normalized spacial score (nSPS) is 18.7. The van der Waals surface area contributed by atoms with Crippen molar-refractivity contribution >= 4 is 5.91 Å². The molecule has 1 amide bonds. The Kier molecular flexibility index (Phi) is 6.14. The van der Waals surface area contributed by atoms with Gasteiger partial charge in [0.2, 0.25) is 5.91 Å². The van der Waals surface area contributed by atoms with Crippen LogP contribution in [0.5, 0.6) is 0 Å². The summed E-state index contributed by atoms with van der Waals surface area (Å²) in [6.45, 7) is 3.42. The van der Waals surface area contributed by atoms with Crippen molar-refractivity contribution in [1.82, 2.24) is 10.2 Å². The van der Waals surface area contributed by atoms with Crippen LogP contribution < -0.4 is 5.32 Å². The maximum atomic E-state index is 12.8. The smallest absolute Gasteiger partial charge is 0.225 e. The van der Waals surface area contributed by atoms with Crippen molar-refractivity contribution in [3.8, 4) is 0 Å². The Morgan fingerprint density at radius 3 is 2.86 bits per heavy atom. The third kappa shape index (κ3) is 5.44. The number of hydrogen-bond donors (Lipinski definition) is 1. The van der Waals surface area contributed by atoms with E-state index in [2.05, 4.69) is 10.2 Å². The largest absolute Gasteiger partial charge is 0.381 e. The van der Waals surface area contributed by atoms with Gasteiger partial charge in [-0.1, -0.05) is 12.1 Å². The fraction of sp³-hybridized carbons (Fsp3) is 0.562. The Morgan fingerprint density at radius 1 is 1.43 bits per heavy atom. The molecule has 1 unspecified atom stereocenters. The third-order valence-electron chi connectivity index (χ3n) is 3.69. The molecule has 1 aromatic rings. The lowest BCUT2D eigenvalue weighted by Crippen LogP contribution is -2.39. The molecule has 0 spiro atoms. The van der Waals surface area contributed by atoms with Gasteiger partial charge in [0, 0.05) is 26.2 Å². The van der Waals surface area contributed by atoms with Gasteiger partial charge in [-0.3, -0.25) is 4.79 Å². The van der Waals surface area contributed by atoms with Gasteiger partial charge in [0.15, 0.2) is 0 Å². The predicted octanol–water partition coefficient (Wildman–Crippen LogP) is 1.80. The van der Waals surface area contributed by atoms with E-state index in [0.29, 0.717) is 13.2 Å². The van der Waals surface area contributed by atoms with Crippen LogP contribution in [0.25, 0.3) is 0 Å². The average Bonchev–Trinajstić information content (AvgIpc) is 2.50. The molecule has 1 N–H and O–H groups in total. The monoisotopic (exact) mass is 294 g/mol. The molecule has 1 fully saturated rings. The van der Waals surface area contributed by atoms with Crippen molar-refractivity contribution in [2.24, 2.45) is 5.92 Å². The SMILES string of the molecule is CN(CCNC(=O)C1CCCOC1)Cc1ccc(F)cc1. The Labute approximate surface area is 125 Å². The van der Waals surface area contributed by atoms with E-state index in [9.17, 15) is 9.18 Å². The molecular weight excluding hydrogens is 271 g/mol. The van der Waals surface area contributed by atoms with Gasteiger partial charge in [-0.15, -0.1) is 0 Å². The molecule has 1 aliphatic rings. The van der Waals surface area contributed by atoms with Crippen molar-refractivity contribution in [3.05, 3.63) is 35.6 Å². The molecule has 116 valence electrons. The van der Waals surface area contributed by atoms with Gasteiger partial charge in [-0.05, 0) is 37.6 Å². The molecule has 2 rings (SSSR count). The maximum absolute atomic E-state index is 12.8. The van der Waals surface area contributed by atoms with E-state index in [1.807, 2.05) is 7.05 Å². The summed E-state index contributed by atoms with van der Waals surface area (Å²) in [5, 5.41) is 2.96. The number of carbonyl (C=O) groups is 1. The van der Waals surface area contributed by atoms with Gasteiger partial charge in [-0.2, -0.15) is 0 Å². The second-order valence-electron chi connectivity index (χ2n) is 5.57. The van der Waals surface area contributed by atoms with Crippen molar-refractivity contribution in [3.63, 3.8) is 0 Å². The number of amides is 1. The number of ether oxygens (including phenoxy) is 1. The van der Waals surface area contributed by atoms with E-state index in [1.54, 1.807) is 12.1 Å². The van der Waals surface area contributed by atoms with Gasteiger partial charge < -0.3 is 15.0 Å². The minimum atomic E-state index is -0.219. The van der Waals surface area contributed by atoms with Crippen LogP contribution in [-0.4, -0.2) is 44.2 Å². The lowest BCUT2D eigenvalue weighted by atomic mass is 10.0. The van der Waals surface area contributed by atoms with Crippen LogP contribution in [-0.2, 0) is 16.1 Å². The van der Waals surface area contributed by atoms with Crippen LogP contribution in [0.2, 0.25) is 0 Å². The third-order valence-corrected chi connectivity index (χ3v) is 3.69. The van der Waals surface area contributed by atoms with Crippen LogP contribution in [0.1, 0.15) is 18.4 Å². The van der Waals surface area contributed by atoms with E-state index in [0.717, 1.165) is 38.1 Å². The minimum Gasteiger partial charge on any atom is -0.381 e. The van der Waals surface area contributed by atoms with Gasteiger partial charge in [0.1, 0.15) is 5.82 Å². The molecule has 0 saturated carbocycles. The first-order valence-corrected chi connectivity index (χ1v) is 7.43. The Morgan fingerprint density at radius 2 is 2.19 bits per heavy atom. The molecule has 1 aromatic carbocycles. The number of nitrogens with one attached hydrogen (secondary N) is 1. The molecule has 1 atom stereocenters. The molecule has 0 aliphatic carbocycles. The summed E-state index contributed by atoms with van der Waals surface area (Å²) in [7, 11) is 1.99. The highest BCUT2D eigenvalue weighted by atomic mass is 19.1. The van der Waals surface area contributed by atoms with E-state index in [1.165, 1.54) is 12.1 Å². The number of carbonyl (C=O) groups excluding carboxylic acids is 1. The molecule has 0 radical (unpaired) electrons. The van der Waals surface area contributed by atoms with Crippen LogP contribution in [0.15, 0.2) is 24.3 Å². The highest BCUT2D eigenvalue weighted by Gasteiger charge is 2.21. The lowest BCUT2D eigenvalue weighted by Gasteiger charge is -2.22. The maximum Gasteiger partial charge on any atom is 0.225 e. The quantitative estimate of drug-likeness (QED) is 0.870. The highest BCUT2D eigenvalue weighted by molar-refractivity contribution is 5.78. The fourth-order valence-electron chi connectivity index (χ4n) is 2.44. The summed E-state index contributed by atoms with van der Waals surface area (Å²) in [6.07, 6.45) is 1.87. The van der Waals surface area contributed by atoms with Gasteiger partial charge in [-0.25, -0.2) is 4.39 Å². The number of rotatable bonds is 6. The summed E-state index contributed by atoms with van der Waals surface area (Å²) in [5.74, 6) is -0.130. The lowest BCUT2D eigenvalue weighted by molar-refractivity contribution is -0.128. The zero-order valence-corrected chi connectivity index (χ0v) is 12.5. The molecule has 21 heavy (non-hydrogen) atoms. The number of benzene rings is 1. The zero-order chi connectivity index (χ0) is 15.1. The molecule has 0 aromatic heterocycles. The van der Waals surface area contributed by atoms with Gasteiger partial charge in [0.25, 0.3) is 0 Å². The molecule has 1 aliphatic heterocycles. The fourth-order valence-corrected chi connectivity index (χ4v) is 2.44. The predicted molar refractivity (Wildman–Crippen MR) is 79.3 cm³/mol. The van der Waals surface area contributed by atoms with Gasteiger partial charge >= 0.3 is 0 Å². The van der Waals surface area contributed by atoms with Crippen LogP contribution in [0.4, 0.5) is 4.39 Å². The van der Waals surface area contributed by atoms with Crippen molar-refractivity contribution in [2.45, 2.75) is 19.4 Å². The first kappa shape index (κ1) is 15.9. The van der Waals surface area contributed by atoms with Crippen molar-refractivity contribution in [2.75, 3.05) is 33.4 Å². The molecule has 4 nitrogen and oxygen atoms in total. The van der Waals surface area contributed by atoms with E-state index >= 15 is 0 Å². The number of likely N-dealkylation sites (N-methyl/N-ethyl adjacent to an activating group) is 1. The second-order valence-corrected chi connectivity index (χ2v) is 5.57. The summed E-state index contributed by atoms with van der Waals surface area (Å²) in [5.41, 5.74) is 1.06. The van der Waals surface area contributed by atoms with E-state index in [-0.39, 0.29) is 17.6 Å². The minimum absolute atomic E-state index is 0.00107. The summed E-state index contributed by atoms with van der Waals surface area (Å²) >= 11 is 0. The standard InChI is InChI=1S/C16H23FN2O2/c1-19(11-13-4-6-15(17)7-5-13)9-8-18-16(20)14-3-2-10-21-12-14/h4-7,14H,2-3,8-12H2,1H3,(H,18,20). The Bertz CT molecular complexity index is 444. The molecule has 5 heteroatoms. The second kappa shape index (κ2) is 8.10. The summed E-state index contributed by atoms with van der Waals surface area (Å²) in [4.78, 5) is 14.0. The molecule has 1 saturated heterocycles. The zero-order valence-electron chi connectivity index (χ0n) is 12.5. The van der Waals surface area contributed by atoms with Crippen LogP contribution in [0, 0.1) is 11.7 Å². The first-order valence-electron chi connectivity index (χ1n) is 7.43. The molecule has 0 bridgehead atoms. The Hall–Kier alpha value is -1.46. The van der Waals surface area contributed by atoms with Crippen molar-refractivity contribution < 1.29 is 13.9 Å².